The first-order valence-electron chi connectivity index (χ1n) is 8.30. The fraction of sp³-hybridized carbons (Fsp3) is 0.333. The zero-order chi connectivity index (χ0) is 19.8. The highest BCUT2D eigenvalue weighted by Crippen LogP contribution is 2.44. The van der Waals surface area contributed by atoms with Crippen molar-refractivity contribution in [2.24, 2.45) is 5.92 Å². The maximum atomic E-state index is 12.7. The Kier molecular flexibility index (Phi) is 4.71. The molecule has 0 radical (unpaired) electrons. The van der Waals surface area contributed by atoms with Gasteiger partial charge in [0.05, 0.1) is 16.4 Å². The predicted molar refractivity (Wildman–Crippen MR) is 95.3 cm³/mol. The van der Waals surface area contributed by atoms with Gasteiger partial charge in [0.2, 0.25) is 0 Å². The second kappa shape index (κ2) is 6.84. The first-order valence-corrected chi connectivity index (χ1v) is 8.30. The van der Waals surface area contributed by atoms with Crippen LogP contribution >= 0.6 is 0 Å². The molecule has 142 valence electrons. The lowest BCUT2D eigenvalue weighted by atomic mass is 9.66. The molecule has 9 heteroatoms. The van der Waals surface area contributed by atoms with Crippen LogP contribution in [0, 0.1) is 16.0 Å². The zero-order valence-electron chi connectivity index (χ0n) is 14.6. The van der Waals surface area contributed by atoms with Crippen LogP contribution in [-0.2, 0) is 16.0 Å². The van der Waals surface area contributed by atoms with Gasteiger partial charge in [-0.2, -0.15) is 0 Å². The SMILES string of the molecule is C=CCOC(=O)[C@@H]1[C@H](c2ccc([N+](=O)[O-])cc2)c2c([nH][nH]c2=O)C[C@]1(C)O. The Morgan fingerprint density at radius 3 is 2.70 bits per heavy atom. The number of H-pyrrole nitrogens is 2. The van der Waals surface area contributed by atoms with Crippen molar-refractivity contribution in [2.45, 2.75) is 24.9 Å². The molecular formula is C18H19N3O6. The van der Waals surface area contributed by atoms with Crippen molar-refractivity contribution in [1.82, 2.24) is 10.2 Å². The van der Waals surface area contributed by atoms with Gasteiger partial charge in [-0.05, 0) is 12.5 Å². The Hall–Kier alpha value is -3.20. The number of nitro benzene ring substituents is 1. The van der Waals surface area contributed by atoms with Gasteiger partial charge in [0.25, 0.3) is 11.2 Å². The summed E-state index contributed by atoms with van der Waals surface area (Å²) >= 11 is 0. The van der Waals surface area contributed by atoms with Crippen molar-refractivity contribution >= 4 is 11.7 Å². The Morgan fingerprint density at radius 2 is 2.11 bits per heavy atom. The van der Waals surface area contributed by atoms with Gasteiger partial charge >= 0.3 is 5.97 Å². The van der Waals surface area contributed by atoms with Gasteiger partial charge in [-0.3, -0.25) is 24.8 Å². The van der Waals surface area contributed by atoms with Crippen molar-refractivity contribution in [3.8, 4) is 0 Å². The summed E-state index contributed by atoms with van der Waals surface area (Å²) in [5.41, 5.74) is -0.728. The number of aromatic amines is 2. The Morgan fingerprint density at radius 1 is 1.44 bits per heavy atom. The van der Waals surface area contributed by atoms with Crippen LogP contribution in [-0.4, -0.2) is 38.4 Å². The number of ether oxygens (including phenoxy) is 1. The fourth-order valence-electron chi connectivity index (χ4n) is 3.65. The molecule has 3 atom stereocenters. The average molecular weight is 373 g/mol. The highest BCUT2D eigenvalue weighted by Gasteiger charge is 2.51. The Balaban J connectivity index is 2.15. The minimum atomic E-state index is -1.50. The second-order valence-electron chi connectivity index (χ2n) is 6.73. The van der Waals surface area contributed by atoms with Gasteiger partial charge in [-0.15, -0.1) is 0 Å². The molecule has 3 rings (SSSR count). The van der Waals surface area contributed by atoms with E-state index in [2.05, 4.69) is 16.8 Å². The van der Waals surface area contributed by atoms with Gasteiger partial charge in [0, 0.05) is 35.7 Å². The summed E-state index contributed by atoms with van der Waals surface area (Å²) in [5, 5.41) is 27.1. The number of esters is 1. The number of nitro groups is 1. The number of benzene rings is 1. The molecule has 9 nitrogen and oxygen atoms in total. The largest absolute Gasteiger partial charge is 0.461 e. The molecule has 1 aliphatic carbocycles. The van der Waals surface area contributed by atoms with Crippen molar-refractivity contribution < 1.29 is 19.6 Å². The number of non-ortho nitro benzene ring substituents is 1. The van der Waals surface area contributed by atoms with Crippen LogP contribution in [0.15, 0.2) is 41.7 Å². The van der Waals surface area contributed by atoms with Gasteiger partial charge in [0.15, 0.2) is 0 Å². The lowest BCUT2D eigenvalue weighted by molar-refractivity contribution is -0.384. The molecule has 1 aliphatic rings. The van der Waals surface area contributed by atoms with Crippen molar-refractivity contribution in [3.05, 3.63) is 74.2 Å². The van der Waals surface area contributed by atoms with Crippen LogP contribution in [0.5, 0.6) is 0 Å². The van der Waals surface area contributed by atoms with Crippen molar-refractivity contribution in [3.63, 3.8) is 0 Å². The molecule has 0 aliphatic heterocycles. The molecule has 0 spiro atoms. The first kappa shape index (κ1) is 18.6. The molecule has 0 amide bonds. The number of aliphatic hydroxyl groups is 1. The summed E-state index contributed by atoms with van der Waals surface area (Å²) in [4.78, 5) is 35.5. The normalized spacial score (nSPS) is 24.1. The molecule has 0 saturated heterocycles. The summed E-state index contributed by atoms with van der Waals surface area (Å²) in [5.74, 6) is -2.56. The molecule has 0 bridgehead atoms. The number of rotatable bonds is 5. The van der Waals surface area contributed by atoms with E-state index in [0.717, 1.165) is 0 Å². The van der Waals surface area contributed by atoms with E-state index in [0.29, 0.717) is 16.8 Å². The molecule has 2 aromatic rings. The van der Waals surface area contributed by atoms with Crippen LogP contribution < -0.4 is 5.56 Å². The Bertz CT molecular complexity index is 941. The lowest BCUT2D eigenvalue weighted by Gasteiger charge is -2.40. The van der Waals surface area contributed by atoms with Crippen molar-refractivity contribution in [2.75, 3.05) is 6.61 Å². The number of nitrogens with one attached hydrogen (secondary N) is 2. The fourth-order valence-corrected chi connectivity index (χ4v) is 3.65. The van der Waals surface area contributed by atoms with Gasteiger partial charge in [0.1, 0.15) is 6.61 Å². The van der Waals surface area contributed by atoms with Gasteiger partial charge in [-0.25, -0.2) is 0 Å². The molecule has 1 aromatic heterocycles. The van der Waals surface area contributed by atoms with E-state index < -0.39 is 33.9 Å². The predicted octanol–water partition coefficient (Wildman–Crippen LogP) is 1.40. The summed E-state index contributed by atoms with van der Waals surface area (Å²) in [6, 6.07) is 5.55. The van der Waals surface area contributed by atoms with Crippen LogP contribution in [0.2, 0.25) is 0 Å². The third kappa shape index (κ3) is 3.28. The van der Waals surface area contributed by atoms with Crippen molar-refractivity contribution in [1.29, 1.82) is 0 Å². The summed E-state index contributed by atoms with van der Waals surface area (Å²) < 4.78 is 5.16. The lowest BCUT2D eigenvalue weighted by Crippen LogP contribution is -2.50. The third-order valence-corrected chi connectivity index (χ3v) is 4.81. The highest BCUT2D eigenvalue weighted by atomic mass is 16.6. The standard InChI is InChI=1S/C18H19N3O6/c1-3-8-27-17(23)15-13(10-4-6-11(7-5-10)21(25)26)14-12(9-18(15,2)24)19-20-16(14)22/h3-7,13,15,24H,1,8-9H2,2H3,(H2,19,20,22)/t13-,15+,18+/m1/s1. The maximum Gasteiger partial charge on any atom is 0.313 e. The number of fused-ring (bicyclic) bond motifs is 1. The van der Waals surface area contributed by atoms with Crippen LogP contribution in [0.3, 0.4) is 0 Å². The van der Waals surface area contributed by atoms with E-state index in [4.69, 9.17) is 4.74 Å². The molecule has 3 N–H and O–H groups in total. The second-order valence-corrected chi connectivity index (χ2v) is 6.73. The number of carbonyl (C=O) groups is 1. The Labute approximate surface area is 153 Å². The molecule has 0 fully saturated rings. The van der Waals surface area contributed by atoms with Gasteiger partial charge in [-0.1, -0.05) is 24.8 Å². The summed E-state index contributed by atoms with van der Waals surface area (Å²) in [6.07, 6.45) is 1.46. The monoisotopic (exact) mass is 373 g/mol. The molecule has 1 aromatic carbocycles. The highest BCUT2D eigenvalue weighted by molar-refractivity contribution is 5.77. The van der Waals surface area contributed by atoms with Crippen LogP contribution in [0.25, 0.3) is 0 Å². The van der Waals surface area contributed by atoms with Crippen LogP contribution in [0.4, 0.5) is 5.69 Å². The number of aromatic nitrogens is 2. The maximum absolute atomic E-state index is 12.7. The smallest absolute Gasteiger partial charge is 0.313 e. The number of nitrogens with zero attached hydrogens (tertiary/aromatic N) is 1. The zero-order valence-corrected chi connectivity index (χ0v) is 14.6. The number of hydrogen-bond donors (Lipinski definition) is 3. The number of carbonyl (C=O) groups excluding carboxylic acids is 1. The number of hydrogen-bond acceptors (Lipinski definition) is 6. The minimum Gasteiger partial charge on any atom is -0.461 e. The molecule has 27 heavy (non-hydrogen) atoms. The third-order valence-electron chi connectivity index (χ3n) is 4.81. The van der Waals surface area contributed by atoms with E-state index in [1.807, 2.05) is 0 Å². The molecule has 0 unspecified atom stereocenters. The van der Waals surface area contributed by atoms with E-state index in [1.54, 1.807) is 0 Å². The molecule has 0 saturated carbocycles. The molecule has 1 heterocycles. The average Bonchev–Trinajstić information content (AvgIpc) is 2.97. The van der Waals surface area contributed by atoms with Gasteiger partial charge < -0.3 is 14.9 Å². The summed E-state index contributed by atoms with van der Waals surface area (Å²) in [6.45, 7) is 4.96. The van der Waals surface area contributed by atoms with E-state index in [9.17, 15) is 24.8 Å². The van der Waals surface area contributed by atoms with E-state index in [-0.39, 0.29) is 18.7 Å². The van der Waals surface area contributed by atoms with E-state index in [1.165, 1.54) is 37.3 Å². The quantitative estimate of drug-likeness (QED) is 0.313. The minimum absolute atomic E-state index is 0.0330. The van der Waals surface area contributed by atoms with Crippen LogP contribution in [0.1, 0.15) is 29.7 Å². The first-order chi connectivity index (χ1) is 12.8. The molecular weight excluding hydrogens is 354 g/mol. The van der Waals surface area contributed by atoms with E-state index >= 15 is 0 Å². The summed E-state index contributed by atoms with van der Waals surface area (Å²) in [7, 11) is 0. The topological polar surface area (TPSA) is 138 Å².